The number of para-hydroxylation sites is 1. The molecule has 2 aliphatic rings. The molecule has 4 heteroatoms. The van der Waals surface area contributed by atoms with Gasteiger partial charge in [0.25, 0.3) is 0 Å². The third-order valence-corrected chi connectivity index (χ3v) is 15.8. The van der Waals surface area contributed by atoms with Crippen LogP contribution in [0.3, 0.4) is 0 Å². The zero-order valence-electron chi connectivity index (χ0n) is 42.4. The van der Waals surface area contributed by atoms with Crippen LogP contribution in [-0.2, 0) is 21.7 Å². The summed E-state index contributed by atoms with van der Waals surface area (Å²) in [4.78, 5) is 0. The lowest BCUT2D eigenvalue weighted by molar-refractivity contribution is 0.332. The molecular weight excluding hydrogens is 848 g/mol. The molecule has 0 spiro atoms. The second-order valence-corrected chi connectivity index (χ2v) is 23.5. The van der Waals surface area contributed by atoms with Crippen molar-refractivity contribution in [2.24, 2.45) is 0 Å². The number of fused-ring (bicyclic) bond motifs is 7. The summed E-state index contributed by atoms with van der Waals surface area (Å²) in [6.45, 7) is 23.5. The first kappa shape index (κ1) is 44.2. The highest BCUT2D eigenvalue weighted by molar-refractivity contribution is 6.74. The lowest BCUT2D eigenvalue weighted by Gasteiger charge is -2.42. The molecule has 1 N–H and O–H groups in total. The first-order chi connectivity index (χ1) is 33.4. The van der Waals surface area contributed by atoms with E-state index in [1.807, 2.05) is 0 Å². The Hall–Kier alpha value is -7.04. The summed E-state index contributed by atoms with van der Waals surface area (Å²) in [6.07, 6.45) is 2.36. The van der Waals surface area contributed by atoms with Gasteiger partial charge in [0.1, 0.15) is 11.3 Å². The minimum Gasteiger partial charge on any atom is -0.455 e. The van der Waals surface area contributed by atoms with Gasteiger partial charge in [0, 0.05) is 55.4 Å². The zero-order chi connectivity index (χ0) is 48.5. The Labute approximate surface area is 414 Å². The molecule has 0 amide bonds. The second-order valence-electron chi connectivity index (χ2n) is 23.5. The average molecular weight is 910 g/mol. The van der Waals surface area contributed by atoms with Crippen molar-refractivity contribution < 1.29 is 4.42 Å². The van der Waals surface area contributed by atoms with Gasteiger partial charge in [-0.25, -0.2) is 0 Å². The van der Waals surface area contributed by atoms with E-state index in [9.17, 15) is 0 Å². The highest BCUT2D eigenvalue weighted by Crippen LogP contribution is 2.49. The van der Waals surface area contributed by atoms with Crippen LogP contribution in [0.1, 0.15) is 104 Å². The van der Waals surface area contributed by atoms with Crippen molar-refractivity contribution in [3.05, 3.63) is 186 Å². The van der Waals surface area contributed by atoms with Gasteiger partial charge < -0.3 is 14.3 Å². The number of anilines is 2. The summed E-state index contributed by atoms with van der Waals surface area (Å²) in [5, 5.41) is 7.64. The molecule has 12 rings (SSSR count). The monoisotopic (exact) mass is 909 g/mol. The van der Waals surface area contributed by atoms with Gasteiger partial charge >= 0.3 is 0 Å². The van der Waals surface area contributed by atoms with Gasteiger partial charge in [-0.1, -0.05) is 190 Å². The van der Waals surface area contributed by atoms with E-state index in [-0.39, 0.29) is 21.7 Å². The number of rotatable bonds is 6. The fourth-order valence-corrected chi connectivity index (χ4v) is 11.6. The number of nitrogens with one attached hydrogen (secondary N) is 1. The van der Waals surface area contributed by atoms with E-state index in [2.05, 4.69) is 250 Å². The van der Waals surface area contributed by atoms with E-state index in [0.29, 0.717) is 0 Å². The molecule has 1 aliphatic carbocycles. The number of nitrogens with zero attached hydrogens (tertiary/aromatic N) is 1. The van der Waals surface area contributed by atoms with Gasteiger partial charge in [-0.05, 0) is 133 Å². The summed E-state index contributed by atoms with van der Waals surface area (Å²) >= 11 is 0. The fraction of sp³-hybridized carbons (Fsp3) is 0.242. The minimum absolute atomic E-state index is 0.0314. The third-order valence-electron chi connectivity index (χ3n) is 15.8. The number of benzene rings is 8. The highest BCUT2D eigenvalue weighted by Gasteiger charge is 2.37. The smallest absolute Gasteiger partial charge is 0.198 e. The summed E-state index contributed by atoms with van der Waals surface area (Å²) in [5.74, 6) is 0.884. The quantitative estimate of drug-likeness (QED) is 0.169. The van der Waals surface area contributed by atoms with Gasteiger partial charge in [0.15, 0.2) is 7.28 Å². The largest absolute Gasteiger partial charge is 0.455 e. The molecule has 0 saturated carbocycles. The molecule has 2 aromatic heterocycles. The van der Waals surface area contributed by atoms with Crippen LogP contribution in [0.15, 0.2) is 168 Å². The molecule has 0 bridgehead atoms. The molecule has 3 heterocycles. The third kappa shape index (κ3) is 7.16. The van der Waals surface area contributed by atoms with E-state index < -0.39 is 0 Å². The van der Waals surface area contributed by atoms with Gasteiger partial charge in [0.2, 0.25) is 0 Å². The summed E-state index contributed by atoms with van der Waals surface area (Å²) < 4.78 is 9.60. The molecule has 0 saturated heterocycles. The Balaban J connectivity index is 1.16. The fourth-order valence-electron chi connectivity index (χ4n) is 11.6. The maximum Gasteiger partial charge on any atom is 0.198 e. The van der Waals surface area contributed by atoms with E-state index in [4.69, 9.17) is 4.42 Å². The Bertz CT molecular complexity index is 3700. The lowest BCUT2D eigenvalue weighted by atomic mass is 9.58. The summed E-state index contributed by atoms with van der Waals surface area (Å²) in [7, 11) is 2.44. The molecule has 70 heavy (non-hydrogen) atoms. The van der Waals surface area contributed by atoms with Crippen LogP contribution in [0.5, 0.6) is 0 Å². The van der Waals surface area contributed by atoms with Crippen molar-refractivity contribution in [1.82, 2.24) is 4.57 Å². The van der Waals surface area contributed by atoms with E-state index >= 15 is 0 Å². The minimum atomic E-state index is -0.0439. The normalized spacial score (nSPS) is 14.9. The van der Waals surface area contributed by atoms with Crippen molar-refractivity contribution in [2.45, 2.75) is 104 Å². The molecular formula is C66H62BN2O. The SMILES string of the molecule is CC(C)(C)c1ccc(-c2cc(-c3ccccc3Nc3ccc4c(c3)C(C)(C)CCC4(C)C)c3c4c2c2cc(C(C)(C)C)ccc2n4-c2cc4c(-c5ccccc5)c(-c5ccccc5)oc4cc2[B]3)cc1. The van der Waals surface area contributed by atoms with Crippen molar-refractivity contribution in [2.75, 3.05) is 5.32 Å². The predicted octanol–water partition coefficient (Wildman–Crippen LogP) is 16.9. The van der Waals surface area contributed by atoms with Crippen LogP contribution < -0.4 is 16.2 Å². The molecule has 1 radical (unpaired) electrons. The van der Waals surface area contributed by atoms with Crippen molar-refractivity contribution in [3.8, 4) is 50.4 Å². The van der Waals surface area contributed by atoms with Crippen molar-refractivity contribution in [3.63, 3.8) is 0 Å². The molecule has 1 aliphatic heterocycles. The second kappa shape index (κ2) is 15.7. The number of aromatic nitrogens is 1. The summed E-state index contributed by atoms with van der Waals surface area (Å²) in [6, 6.07) is 61.1. The molecule has 0 fully saturated rings. The Morgan fingerprint density at radius 1 is 0.543 bits per heavy atom. The molecule has 3 nitrogen and oxygen atoms in total. The van der Waals surface area contributed by atoms with Gasteiger partial charge in [-0.15, -0.1) is 0 Å². The van der Waals surface area contributed by atoms with Gasteiger partial charge in [-0.3, -0.25) is 0 Å². The zero-order valence-corrected chi connectivity index (χ0v) is 42.4. The van der Waals surface area contributed by atoms with Crippen LogP contribution in [0.25, 0.3) is 83.2 Å². The first-order valence-electron chi connectivity index (χ1n) is 25.3. The van der Waals surface area contributed by atoms with Crippen LogP contribution in [0.4, 0.5) is 11.4 Å². The maximum atomic E-state index is 7.03. The average Bonchev–Trinajstić information content (AvgIpc) is 3.89. The summed E-state index contributed by atoms with van der Waals surface area (Å²) in [5.41, 5.74) is 22.8. The molecule has 0 atom stereocenters. The molecule has 345 valence electrons. The van der Waals surface area contributed by atoms with Crippen LogP contribution >= 0.6 is 0 Å². The highest BCUT2D eigenvalue weighted by atomic mass is 16.3. The van der Waals surface area contributed by atoms with Crippen LogP contribution in [-0.4, -0.2) is 11.8 Å². The van der Waals surface area contributed by atoms with Crippen LogP contribution in [0.2, 0.25) is 0 Å². The topological polar surface area (TPSA) is 30.1 Å². The van der Waals surface area contributed by atoms with Crippen molar-refractivity contribution >= 4 is 62.4 Å². The standard InChI is InChI=1S/C66H62BN2O/c1-63(2,3)43-27-25-40(26-28-43)47-37-48(46-23-17-18-24-54(46)68-45-30-31-51-52(36-45)66(9,10)34-33-65(51,7)8)60-61-59(47)49-35-44(64(4,5)6)29-32-55(49)69(61)56-38-50-57(39-53(56)67-60)70-62(42-21-15-12-16-22-42)58(50)41-19-13-11-14-20-41/h11-32,35-39,68H,33-34H2,1-10H3. The molecule has 8 aromatic carbocycles. The lowest BCUT2D eigenvalue weighted by Crippen LogP contribution is -2.37. The maximum absolute atomic E-state index is 7.03. The Morgan fingerprint density at radius 3 is 1.89 bits per heavy atom. The Morgan fingerprint density at radius 2 is 1.19 bits per heavy atom. The number of hydrogen-bond acceptors (Lipinski definition) is 2. The van der Waals surface area contributed by atoms with E-state index in [0.717, 1.165) is 61.5 Å². The molecule has 10 aromatic rings. The van der Waals surface area contributed by atoms with Crippen LogP contribution in [0, 0.1) is 0 Å². The first-order valence-corrected chi connectivity index (χ1v) is 25.3. The Kier molecular flexibility index (Phi) is 9.94. The van der Waals surface area contributed by atoms with Gasteiger partial charge in [-0.2, -0.15) is 0 Å². The van der Waals surface area contributed by atoms with Gasteiger partial charge in [0.05, 0.1) is 5.52 Å². The predicted molar refractivity (Wildman–Crippen MR) is 300 cm³/mol. The number of hydrogen-bond donors (Lipinski definition) is 1. The van der Waals surface area contributed by atoms with E-state index in [1.54, 1.807) is 0 Å². The molecule has 0 unspecified atom stereocenters. The number of furan rings is 1. The van der Waals surface area contributed by atoms with Crippen molar-refractivity contribution in [1.29, 1.82) is 0 Å². The van der Waals surface area contributed by atoms with E-state index in [1.165, 1.54) is 79.1 Å².